The van der Waals surface area contributed by atoms with Gasteiger partial charge in [0.15, 0.2) is 10.8 Å². The maximum atomic E-state index is 13.6. The van der Waals surface area contributed by atoms with Crippen LogP contribution in [0.3, 0.4) is 0 Å². The van der Waals surface area contributed by atoms with Crippen LogP contribution in [0.4, 0.5) is 5.69 Å². The van der Waals surface area contributed by atoms with Gasteiger partial charge in [0, 0.05) is 32.8 Å². The molecule has 2 N–H and O–H groups in total. The Bertz CT molecular complexity index is 1580. The van der Waals surface area contributed by atoms with Crippen molar-refractivity contribution in [3.63, 3.8) is 0 Å². The second kappa shape index (κ2) is 11.6. The van der Waals surface area contributed by atoms with Crippen molar-refractivity contribution in [2.75, 3.05) is 31.5 Å². The number of aromatic nitrogens is 2. The smallest absolute Gasteiger partial charge is 0.262 e. The molecule has 0 saturated heterocycles. The van der Waals surface area contributed by atoms with Crippen LogP contribution >= 0.6 is 0 Å². The van der Waals surface area contributed by atoms with Crippen LogP contribution in [-0.4, -0.2) is 85.5 Å². The normalized spacial score (nSPS) is 18.9. The number of ether oxygens (including phenoxy) is 1. The van der Waals surface area contributed by atoms with Crippen LogP contribution < -0.4 is 9.46 Å². The summed E-state index contributed by atoms with van der Waals surface area (Å²) in [5.74, 6) is -0.884. The van der Waals surface area contributed by atoms with Gasteiger partial charge in [0.25, 0.3) is 26.0 Å². The maximum Gasteiger partial charge on any atom is 0.262 e. The van der Waals surface area contributed by atoms with Gasteiger partial charge >= 0.3 is 0 Å². The minimum absolute atomic E-state index is 0.0198. The van der Waals surface area contributed by atoms with E-state index in [4.69, 9.17) is 4.74 Å². The summed E-state index contributed by atoms with van der Waals surface area (Å²) in [7, 11) is -4.95. The van der Waals surface area contributed by atoms with Crippen molar-refractivity contribution in [3.8, 4) is 5.75 Å². The zero-order valence-electron chi connectivity index (χ0n) is 22.6. The molecule has 0 aliphatic carbocycles. The minimum atomic E-state index is -4.04. The zero-order valence-corrected chi connectivity index (χ0v) is 24.3. The van der Waals surface area contributed by atoms with Gasteiger partial charge in [-0.05, 0) is 31.2 Å². The molecule has 1 aliphatic heterocycles. The van der Waals surface area contributed by atoms with Crippen molar-refractivity contribution in [1.82, 2.24) is 18.8 Å². The topological polar surface area (TPSA) is 151 Å². The quantitative estimate of drug-likeness (QED) is 0.382. The van der Waals surface area contributed by atoms with Crippen LogP contribution in [0.25, 0.3) is 0 Å². The van der Waals surface area contributed by atoms with Crippen LogP contribution in [0.15, 0.2) is 71.0 Å². The first-order chi connectivity index (χ1) is 18.8. The maximum absolute atomic E-state index is 13.6. The van der Waals surface area contributed by atoms with Gasteiger partial charge < -0.3 is 19.3 Å². The molecule has 4 rings (SSSR count). The Morgan fingerprint density at radius 2 is 1.85 bits per heavy atom. The average molecular weight is 592 g/mol. The van der Waals surface area contributed by atoms with E-state index in [0.717, 1.165) is 4.31 Å². The summed E-state index contributed by atoms with van der Waals surface area (Å²) in [5, 5.41) is 9.74. The third-order valence-corrected chi connectivity index (χ3v) is 9.87. The summed E-state index contributed by atoms with van der Waals surface area (Å²) in [5.41, 5.74) is 0.112. The number of aliphatic hydroxyl groups is 1. The highest BCUT2D eigenvalue weighted by Gasteiger charge is 2.37. The van der Waals surface area contributed by atoms with E-state index in [1.54, 1.807) is 39.1 Å². The van der Waals surface area contributed by atoms with Crippen LogP contribution in [0.2, 0.25) is 0 Å². The average Bonchev–Trinajstić information content (AvgIpc) is 3.38. The Balaban J connectivity index is 1.76. The fraction of sp³-hybridized carbons (Fsp3) is 0.385. The van der Waals surface area contributed by atoms with Crippen molar-refractivity contribution in [2.45, 2.75) is 35.9 Å². The standard InChI is InChI=1S/C26H33N5O7S2/c1-18-13-31(19(2)16-32)26(33)21-11-8-12-22(28-39(34,35)20-9-6-5-7-10-20)25(21)38-23(18)14-30(4)40(36,37)24-15-29(3)17-27-24/h5-12,15,17-19,23,28,32H,13-14,16H2,1-4H3/t18-,19+,23+/m0/s1. The number of anilines is 1. The SMILES string of the molecule is C[C@H](CO)N1C[C@H](C)[C@@H](CN(C)S(=O)(=O)c2cn(C)cn2)Oc2c(NS(=O)(=O)c3ccccc3)cccc2C1=O. The number of hydrogen-bond acceptors (Lipinski definition) is 8. The highest BCUT2D eigenvalue weighted by atomic mass is 32.2. The number of sulfonamides is 2. The van der Waals surface area contributed by atoms with E-state index in [0.29, 0.717) is 0 Å². The third kappa shape index (κ3) is 5.99. The number of nitrogens with one attached hydrogen (secondary N) is 1. The Kier molecular flexibility index (Phi) is 8.54. The van der Waals surface area contributed by atoms with Gasteiger partial charge in [0.2, 0.25) is 0 Å². The first-order valence-electron chi connectivity index (χ1n) is 12.6. The van der Waals surface area contributed by atoms with Crippen LogP contribution in [0, 0.1) is 5.92 Å². The summed E-state index contributed by atoms with van der Waals surface area (Å²) >= 11 is 0. The molecule has 40 heavy (non-hydrogen) atoms. The molecule has 0 saturated carbocycles. The van der Waals surface area contributed by atoms with Gasteiger partial charge in [-0.2, -0.15) is 4.31 Å². The molecule has 1 amide bonds. The predicted octanol–water partition coefficient (Wildman–Crippen LogP) is 1.76. The van der Waals surface area contributed by atoms with E-state index in [1.165, 1.54) is 59.4 Å². The van der Waals surface area contributed by atoms with Gasteiger partial charge in [-0.1, -0.05) is 31.2 Å². The summed E-state index contributed by atoms with van der Waals surface area (Å²) in [4.78, 5) is 19.1. The molecule has 0 radical (unpaired) electrons. The highest BCUT2D eigenvalue weighted by molar-refractivity contribution is 7.92. The number of aliphatic hydroxyl groups excluding tert-OH is 1. The lowest BCUT2D eigenvalue weighted by molar-refractivity contribution is 0.0389. The number of rotatable bonds is 9. The second-order valence-electron chi connectivity index (χ2n) is 9.89. The highest BCUT2D eigenvalue weighted by Crippen LogP contribution is 2.36. The van der Waals surface area contributed by atoms with E-state index in [2.05, 4.69) is 9.71 Å². The lowest BCUT2D eigenvalue weighted by atomic mass is 9.99. The zero-order chi connectivity index (χ0) is 29.2. The number of carbonyl (C=O) groups excluding carboxylic acids is 1. The number of benzene rings is 2. The number of hydrogen-bond donors (Lipinski definition) is 2. The molecule has 1 aliphatic rings. The van der Waals surface area contributed by atoms with Crippen LogP contribution in [-0.2, 0) is 27.1 Å². The second-order valence-corrected chi connectivity index (χ2v) is 13.6. The molecule has 3 aromatic rings. The molecule has 0 bridgehead atoms. The van der Waals surface area contributed by atoms with Gasteiger partial charge in [0.1, 0.15) is 6.10 Å². The first kappa shape index (κ1) is 29.5. The molecule has 14 heteroatoms. The van der Waals surface area contributed by atoms with Gasteiger partial charge in [-0.3, -0.25) is 9.52 Å². The first-order valence-corrected chi connectivity index (χ1v) is 15.5. The van der Waals surface area contributed by atoms with E-state index >= 15 is 0 Å². The number of imidazole rings is 1. The Labute approximate surface area is 234 Å². The lowest BCUT2D eigenvalue weighted by Crippen LogP contribution is -2.50. The summed E-state index contributed by atoms with van der Waals surface area (Å²) in [6, 6.07) is 11.7. The Hall–Kier alpha value is -3.46. The van der Waals surface area contributed by atoms with E-state index in [9.17, 15) is 26.7 Å². The van der Waals surface area contributed by atoms with Gasteiger partial charge in [-0.25, -0.2) is 21.8 Å². The number of nitrogens with zero attached hydrogens (tertiary/aromatic N) is 4. The van der Waals surface area contributed by atoms with Gasteiger partial charge in [-0.15, -0.1) is 0 Å². The summed E-state index contributed by atoms with van der Waals surface area (Å²) in [6.45, 7) is 3.25. The molecule has 2 heterocycles. The number of carbonyl (C=O) groups is 1. The van der Waals surface area contributed by atoms with Crippen molar-refractivity contribution in [2.24, 2.45) is 13.0 Å². The molecule has 0 spiro atoms. The monoisotopic (exact) mass is 591 g/mol. The number of aryl methyl sites for hydroxylation is 1. The predicted molar refractivity (Wildman–Crippen MR) is 148 cm³/mol. The van der Waals surface area contributed by atoms with Crippen LogP contribution in [0.5, 0.6) is 5.75 Å². The summed E-state index contributed by atoms with van der Waals surface area (Å²) < 4.78 is 64.3. The molecular weight excluding hydrogens is 558 g/mol. The number of fused-ring (bicyclic) bond motifs is 1. The van der Waals surface area contributed by atoms with Crippen molar-refractivity contribution in [1.29, 1.82) is 0 Å². The molecule has 1 aromatic heterocycles. The lowest BCUT2D eigenvalue weighted by Gasteiger charge is -2.38. The summed E-state index contributed by atoms with van der Waals surface area (Å²) in [6.07, 6.45) is 1.98. The molecule has 3 atom stereocenters. The molecule has 0 fully saturated rings. The molecule has 2 aromatic carbocycles. The van der Waals surface area contributed by atoms with Gasteiger partial charge in [0.05, 0.1) is 41.7 Å². The molecule has 12 nitrogen and oxygen atoms in total. The fourth-order valence-electron chi connectivity index (χ4n) is 4.38. The Morgan fingerprint density at radius 3 is 2.48 bits per heavy atom. The molecular formula is C26H33N5O7S2. The van der Waals surface area contributed by atoms with Crippen molar-refractivity contribution in [3.05, 3.63) is 66.6 Å². The molecule has 0 unspecified atom stereocenters. The molecule has 216 valence electrons. The third-order valence-electron chi connectivity index (χ3n) is 6.78. The number of para-hydroxylation sites is 1. The van der Waals surface area contributed by atoms with E-state index in [1.807, 2.05) is 0 Å². The minimum Gasteiger partial charge on any atom is -0.486 e. The largest absolute Gasteiger partial charge is 0.486 e. The van der Waals surface area contributed by atoms with Crippen LogP contribution in [0.1, 0.15) is 24.2 Å². The van der Waals surface area contributed by atoms with Crippen molar-refractivity contribution < 1.29 is 31.5 Å². The number of amides is 1. The fourth-order valence-corrected chi connectivity index (χ4v) is 6.60. The Morgan fingerprint density at radius 1 is 1.15 bits per heavy atom. The van der Waals surface area contributed by atoms with E-state index in [-0.39, 0.29) is 46.6 Å². The van der Waals surface area contributed by atoms with Crippen molar-refractivity contribution >= 4 is 31.6 Å². The van der Waals surface area contributed by atoms with E-state index < -0.39 is 44.0 Å². The number of likely N-dealkylation sites (N-methyl/N-ethyl adjacent to an activating group) is 1.